The van der Waals surface area contributed by atoms with Crippen LogP contribution in [0, 0.1) is 0 Å². The molecule has 0 aromatic heterocycles. The molecule has 0 bridgehead atoms. The molecule has 2 rings (SSSR count). The maximum absolute atomic E-state index is 11.8. The molecule has 1 heterocycles. The van der Waals surface area contributed by atoms with Gasteiger partial charge in [0.1, 0.15) is 0 Å². The minimum Gasteiger partial charge on any atom is -0.326 e. The minimum atomic E-state index is -0.522. The molecular weight excluding hydrogens is 254 g/mol. The fourth-order valence-corrected chi connectivity index (χ4v) is 2.26. The van der Waals surface area contributed by atoms with E-state index in [1.54, 1.807) is 4.90 Å². The van der Waals surface area contributed by atoms with Crippen molar-refractivity contribution in [3.8, 4) is 0 Å². The average Bonchev–Trinajstić information content (AvgIpc) is 2.74. The molecule has 0 aliphatic carbocycles. The van der Waals surface area contributed by atoms with E-state index >= 15 is 0 Å². The molecule has 0 saturated carbocycles. The van der Waals surface area contributed by atoms with Crippen LogP contribution in [0.4, 0.5) is 11.4 Å². The number of nitrogens with zero attached hydrogens (tertiary/aromatic N) is 1. The Hall–Kier alpha value is -1.88. The van der Waals surface area contributed by atoms with Crippen LogP contribution in [0.3, 0.4) is 0 Å². The van der Waals surface area contributed by atoms with Crippen LogP contribution in [0.1, 0.15) is 33.1 Å². The third-order valence-corrected chi connectivity index (χ3v) is 3.15. The maximum Gasteiger partial charge on any atom is 0.227 e. The fourth-order valence-electron chi connectivity index (χ4n) is 2.26. The maximum atomic E-state index is 11.8. The molecular formula is C15H21N3O2. The Morgan fingerprint density at radius 2 is 2.00 bits per heavy atom. The van der Waals surface area contributed by atoms with Gasteiger partial charge in [-0.3, -0.25) is 9.59 Å². The first-order valence-corrected chi connectivity index (χ1v) is 6.84. The highest BCUT2D eigenvalue weighted by atomic mass is 16.2. The van der Waals surface area contributed by atoms with Gasteiger partial charge in [-0.1, -0.05) is 0 Å². The number of carbonyl (C=O) groups excluding carboxylic acids is 2. The summed E-state index contributed by atoms with van der Waals surface area (Å²) in [4.78, 5) is 25.2. The predicted molar refractivity (Wildman–Crippen MR) is 79.5 cm³/mol. The highest BCUT2D eigenvalue weighted by Gasteiger charge is 2.21. The number of carbonyl (C=O) groups is 2. The van der Waals surface area contributed by atoms with Crippen molar-refractivity contribution in [2.24, 2.45) is 5.73 Å². The summed E-state index contributed by atoms with van der Waals surface area (Å²) in [6, 6.07) is 7.32. The van der Waals surface area contributed by atoms with Gasteiger partial charge in [0.15, 0.2) is 0 Å². The number of nitrogens with two attached hydrogens (primary N) is 1. The molecule has 20 heavy (non-hydrogen) atoms. The van der Waals surface area contributed by atoms with Crippen LogP contribution in [-0.4, -0.2) is 23.9 Å². The Bertz CT molecular complexity index is 503. The number of hydrogen-bond donors (Lipinski definition) is 2. The van der Waals surface area contributed by atoms with Crippen LogP contribution in [-0.2, 0) is 9.59 Å². The summed E-state index contributed by atoms with van der Waals surface area (Å²) < 4.78 is 0. The van der Waals surface area contributed by atoms with E-state index in [9.17, 15) is 9.59 Å². The zero-order valence-electron chi connectivity index (χ0n) is 12.0. The first-order chi connectivity index (χ1) is 9.35. The molecule has 1 fully saturated rings. The van der Waals surface area contributed by atoms with Gasteiger partial charge in [0, 0.05) is 36.3 Å². The van der Waals surface area contributed by atoms with Gasteiger partial charge in [-0.2, -0.15) is 0 Å². The van der Waals surface area contributed by atoms with Gasteiger partial charge >= 0.3 is 0 Å². The minimum absolute atomic E-state index is 0.109. The average molecular weight is 275 g/mol. The Morgan fingerprint density at radius 1 is 1.35 bits per heavy atom. The smallest absolute Gasteiger partial charge is 0.227 e. The van der Waals surface area contributed by atoms with E-state index < -0.39 is 5.54 Å². The second-order valence-corrected chi connectivity index (χ2v) is 5.91. The Balaban J connectivity index is 1.98. The molecule has 1 aliphatic rings. The summed E-state index contributed by atoms with van der Waals surface area (Å²) in [5.41, 5.74) is 6.88. The first-order valence-electron chi connectivity index (χ1n) is 6.84. The molecule has 5 heteroatoms. The van der Waals surface area contributed by atoms with Crippen molar-refractivity contribution in [3.63, 3.8) is 0 Å². The van der Waals surface area contributed by atoms with Crippen LogP contribution in [0.2, 0.25) is 0 Å². The van der Waals surface area contributed by atoms with Gasteiger partial charge < -0.3 is 16.0 Å². The predicted octanol–water partition coefficient (Wildman–Crippen LogP) is 1.88. The zero-order valence-corrected chi connectivity index (χ0v) is 12.0. The second kappa shape index (κ2) is 5.63. The number of amides is 2. The number of benzene rings is 1. The van der Waals surface area contributed by atoms with E-state index in [0.717, 1.165) is 24.3 Å². The molecule has 1 aliphatic heterocycles. The van der Waals surface area contributed by atoms with E-state index in [2.05, 4.69) is 5.32 Å². The Kier molecular flexibility index (Phi) is 4.09. The molecule has 1 aromatic carbocycles. The number of rotatable bonds is 4. The summed E-state index contributed by atoms with van der Waals surface area (Å²) in [5, 5.41) is 2.81. The van der Waals surface area contributed by atoms with Gasteiger partial charge in [0.25, 0.3) is 0 Å². The van der Waals surface area contributed by atoms with Gasteiger partial charge in [0.2, 0.25) is 11.8 Å². The Labute approximate surface area is 119 Å². The Morgan fingerprint density at radius 3 is 2.50 bits per heavy atom. The van der Waals surface area contributed by atoms with Gasteiger partial charge in [-0.15, -0.1) is 0 Å². The van der Waals surface area contributed by atoms with Crippen molar-refractivity contribution in [3.05, 3.63) is 24.3 Å². The van der Waals surface area contributed by atoms with E-state index in [1.807, 2.05) is 38.1 Å². The fraction of sp³-hybridized carbons (Fsp3) is 0.467. The van der Waals surface area contributed by atoms with E-state index in [4.69, 9.17) is 5.73 Å². The van der Waals surface area contributed by atoms with Crippen molar-refractivity contribution in [2.75, 3.05) is 16.8 Å². The van der Waals surface area contributed by atoms with Gasteiger partial charge in [-0.25, -0.2) is 0 Å². The summed E-state index contributed by atoms with van der Waals surface area (Å²) in [6.07, 6.45) is 1.78. The molecule has 0 atom stereocenters. The van der Waals surface area contributed by atoms with E-state index in [1.165, 1.54) is 0 Å². The highest BCUT2D eigenvalue weighted by Crippen LogP contribution is 2.23. The van der Waals surface area contributed by atoms with E-state index in [0.29, 0.717) is 6.42 Å². The van der Waals surface area contributed by atoms with Crippen molar-refractivity contribution in [1.82, 2.24) is 0 Å². The monoisotopic (exact) mass is 275 g/mol. The van der Waals surface area contributed by atoms with Gasteiger partial charge in [0.05, 0.1) is 0 Å². The molecule has 0 radical (unpaired) electrons. The topological polar surface area (TPSA) is 75.4 Å². The molecule has 1 aromatic rings. The molecule has 0 spiro atoms. The third kappa shape index (κ3) is 3.81. The van der Waals surface area contributed by atoms with Crippen LogP contribution < -0.4 is 16.0 Å². The molecule has 3 N–H and O–H groups in total. The first kappa shape index (κ1) is 14.5. The van der Waals surface area contributed by atoms with Gasteiger partial charge in [-0.05, 0) is 44.5 Å². The van der Waals surface area contributed by atoms with Crippen molar-refractivity contribution in [1.29, 1.82) is 0 Å². The molecule has 5 nitrogen and oxygen atoms in total. The van der Waals surface area contributed by atoms with Crippen LogP contribution in [0.25, 0.3) is 0 Å². The lowest BCUT2D eigenvalue weighted by Gasteiger charge is -2.18. The van der Waals surface area contributed by atoms with Crippen molar-refractivity contribution >= 4 is 23.2 Å². The lowest BCUT2D eigenvalue weighted by Crippen LogP contribution is -2.36. The zero-order chi connectivity index (χ0) is 14.8. The summed E-state index contributed by atoms with van der Waals surface area (Å²) in [6.45, 7) is 4.40. The number of anilines is 2. The summed E-state index contributed by atoms with van der Waals surface area (Å²) >= 11 is 0. The van der Waals surface area contributed by atoms with Crippen LogP contribution >= 0.6 is 0 Å². The lowest BCUT2D eigenvalue weighted by atomic mass is 10.0. The SMILES string of the molecule is CC(C)(N)CC(=O)Nc1ccc(N2CCCC2=O)cc1. The molecule has 108 valence electrons. The van der Waals surface area contributed by atoms with Crippen molar-refractivity contribution < 1.29 is 9.59 Å². The summed E-state index contributed by atoms with van der Waals surface area (Å²) in [7, 11) is 0. The molecule has 0 unspecified atom stereocenters. The lowest BCUT2D eigenvalue weighted by molar-refractivity contribution is -0.117. The van der Waals surface area contributed by atoms with E-state index in [-0.39, 0.29) is 18.2 Å². The largest absolute Gasteiger partial charge is 0.326 e. The second-order valence-electron chi connectivity index (χ2n) is 5.91. The molecule has 2 amide bonds. The quantitative estimate of drug-likeness (QED) is 0.881. The standard InChI is InChI=1S/C15H21N3O2/c1-15(2,16)10-13(19)17-11-5-7-12(8-6-11)18-9-3-4-14(18)20/h5-8H,3-4,9-10,16H2,1-2H3,(H,17,19). The normalized spacial score (nSPS) is 15.6. The van der Waals surface area contributed by atoms with Crippen LogP contribution in [0.15, 0.2) is 24.3 Å². The van der Waals surface area contributed by atoms with Crippen LogP contribution in [0.5, 0.6) is 0 Å². The number of nitrogens with one attached hydrogen (secondary N) is 1. The highest BCUT2D eigenvalue weighted by molar-refractivity contribution is 5.96. The molecule has 1 saturated heterocycles. The number of hydrogen-bond acceptors (Lipinski definition) is 3. The third-order valence-electron chi connectivity index (χ3n) is 3.15. The summed E-state index contributed by atoms with van der Waals surface area (Å²) in [5.74, 6) is 0.0502. The van der Waals surface area contributed by atoms with Crippen molar-refractivity contribution in [2.45, 2.75) is 38.6 Å².